The summed E-state index contributed by atoms with van der Waals surface area (Å²) in [5.41, 5.74) is -1.78. The lowest BCUT2D eigenvalue weighted by molar-refractivity contribution is -0.143. The van der Waals surface area contributed by atoms with Crippen molar-refractivity contribution in [1.82, 2.24) is 9.78 Å². The zero-order valence-electron chi connectivity index (χ0n) is 14.3. The number of nitrogens with one attached hydrogen (secondary N) is 1. The average molecular weight is 381 g/mol. The average Bonchev–Trinajstić information content (AvgIpc) is 2.99. The molecule has 1 saturated carbocycles. The first-order chi connectivity index (χ1) is 12.8. The van der Waals surface area contributed by atoms with E-state index in [1.165, 1.54) is 30.7 Å². The summed E-state index contributed by atoms with van der Waals surface area (Å²) in [7, 11) is 0. The van der Waals surface area contributed by atoms with Crippen molar-refractivity contribution in [3.63, 3.8) is 0 Å². The van der Waals surface area contributed by atoms with Gasteiger partial charge in [-0.3, -0.25) is 4.79 Å². The van der Waals surface area contributed by atoms with Crippen LogP contribution >= 0.6 is 0 Å². The fraction of sp³-hybridized carbons (Fsp3) is 0.389. The molecule has 9 heteroatoms. The van der Waals surface area contributed by atoms with Gasteiger partial charge in [-0.05, 0) is 36.6 Å². The Bertz CT molecular complexity index is 840. The van der Waals surface area contributed by atoms with Crippen molar-refractivity contribution in [3.8, 4) is 5.69 Å². The molecule has 27 heavy (non-hydrogen) atoms. The zero-order valence-corrected chi connectivity index (χ0v) is 14.3. The molecule has 1 aliphatic carbocycles. The largest absolute Gasteiger partial charge is 0.478 e. The summed E-state index contributed by atoms with van der Waals surface area (Å²) < 4.78 is 40.3. The van der Waals surface area contributed by atoms with Gasteiger partial charge in [-0.1, -0.05) is 19.3 Å². The number of carboxylic acid groups (broad SMARTS) is 1. The first kappa shape index (κ1) is 18.9. The third kappa shape index (κ3) is 4.29. The van der Waals surface area contributed by atoms with Crippen LogP contribution < -0.4 is 5.32 Å². The molecule has 1 amide bonds. The summed E-state index contributed by atoms with van der Waals surface area (Å²) in [4.78, 5) is 23.0. The van der Waals surface area contributed by atoms with Gasteiger partial charge in [0.1, 0.15) is 5.56 Å². The standard InChI is InChI=1S/C18H18F3N3O3/c19-18(20,21)16-14(17(26)27)10-22-24(16)13-7-5-12(6-8-13)23-15(25)9-4-11-2-1-3-11/h5-8,10-11H,1-4,9H2,(H,23,25)(H,26,27). The van der Waals surface area contributed by atoms with Gasteiger partial charge in [0, 0.05) is 12.1 Å². The van der Waals surface area contributed by atoms with E-state index in [2.05, 4.69) is 10.4 Å². The van der Waals surface area contributed by atoms with Gasteiger partial charge in [0.2, 0.25) is 5.91 Å². The Labute approximate surface area is 153 Å². The lowest BCUT2D eigenvalue weighted by Crippen LogP contribution is -2.18. The van der Waals surface area contributed by atoms with Crippen LogP contribution in [0, 0.1) is 5.92 Å². The number of nitrogens with zero attached hydrogens (tertiary/aromatic N) is 2. The Balaban J connectivity index is 1.73. The topological polar surface area (TPSA) is 84.2 Å². The van der Waals surface area contributed by atoms with E-state index in [0.29, 0.717) is 28.9 Å². The van der Waals surface area contributed by atoms with Crippen LogP contribution in [-0.2, 0) is 11.0 Å². The number of carbonyl (C=O) groups is 2. The number of rotatable bonds is 6. The molecule has 144 valence electrons. The van der Waals surface area contributed by atoms with Crippen molar-refractivity contribution < 1.29 is 27.9 Å². The van der Waals surface area contributed by atoms with E-state index in [9.17, 15) is 22.8 Å². The monoisotopic (exact) mass is 381 g/mol. The van der Waals surface area contributed by atoms with Gasteiger partial charge in [0.05, 0.1) is 11.9 Å². The van der Waals surface area contributed by atoms with Crippen molar-refractivity contribution in [1.29, 1.82) is 0 Å². The van der Waals surface area contributed by atoms with E-state index in [0.717, 1.165) is 19.3 Å². The van der Waals surface area contributed by atoms with E-state index in [1.807, 2.05) is 0 Å². The summed E-state index contributed by atoms with van der Waals surface area (Å²) in [6.45, 7) is 0. The molecule has 1 aromatic heterocycles. The van der Waals surface area contributed by atoms with Crippen LogP contribution in [0.15, 0.2) is 30.5 Å². The number of amides is 1. The lowest BCUT2D eigenvalue weighted by Gasteiger charge is -2.24. The molecule has 3 rings (SSSR count). The number of aromatic carboxylic acids is 1. The number of aromatic nitrogens is 2. The van der Waals surface area contributed by atoms with Gasteiger partial charge in [0.25, 0.3) is 0 Å². The number of carbonyl (C=O) groups excluding carboxylic acids is 1. The van der Waals surface area contributed by atoms with Gasteiger partial charge in [-0.25, -0.2) is 9.48 Å². The molecule has 2 aromatic rings. The molecule has 0 unspecified atom stereocenters. The predicted octanol–water partition coefficient (Wildman–Crippen LogP) is 4.11. The first-order valence-electron chi connectivity index (χ1n) is 8.54. The summed E-state index contributed by atoms with van der Waals surface area (Å²) in [6.07, 6.45) is 0.567. The second kappa shape index (κ2) is 7.42. The van der Waals surface area contributed by atoms with Gasteiger partial charge in [0.15, 0.2) is 5.69 Å². The Kier molecular flexibility index (Phi) is 5.20. The van der Waals surface area contributed by atoms with Crippen LogP contribution in [0.5, 0.6) is 0 Å². The number of benzene rings is 1. The summed E-state index contributed by atoms with van der Waals surface area (Å²) >= 11 is 0. The molecule has 0 atom stereocenters. The minimum absolute atomic E-state index is 0.0438. The zero-order chi connectivity index (χ0) is 19.6. The van der Waals surface area contributed by atoms with E-state index in [4.69, 9.17) is 5.11 Å². The van der Waals surface area contributed by atoms with Crippen LogP contribution in [0.2, 0.25) is 0 Å². The van der Waals surface area contributed by atoms with Crippen molar-refractivity contribution in [2.75, 3.05) is 5.32 Å². The molecule has 1 aliphatic rings. The predicted molar refractivity (Wildman–Crippen MR) is 90.7 cm³/mol. The van der Waals surface area contributed by atoms with Gasteiger partial charge < -0.3 is 10.4 Å². The highest BCUT2D eigenvalue weighted by molar-refractivity contribution is 5.91. The maximum Gasteiger partial charge on any atom is 0.434 e. The number of alkyl halides is 3. The SMILES string of the molecule is O=C(CCC1CCC1)Nc1ccc(-n2ncc(C(=O)O)c2C(F)(F)F)cc1. The summed E-state index contributed by atoms with van der Waals surface area (Å²) in [6, 6.07) is 5.60. The number of hydrogen-bond donors (Lipinski definition) is 2. The highest BCUT2D eigenvalue weighted by Gasteiger charge is 2.40. The highest BCUT2D eigenvalue weighted by Crippen LogP contribution is 2.34. The lowest BCUT2D eigenvalue weighted by atomic mass is 9.82. The minimum atomic E-state index is -4.88. The minimum Gasteiger partial charge on any atom is -0.478 e. The number of halogens is 3. The Morgan fingerprint density at radius 1 is 1.22 bits per heavy atom. The molecule has 6 nitrogen and oxygen atoms in total. The normalized spacial score (nSPS) is 14.6. The molecule has 0 radical (unpaired) electrons. The molecule has 0 spiro atoms. The third-order valence-corrected chi connectivity index (χ3v) is 4.67. The molecule has 1 heterocycles. The van der Waals surface area contributed by atoms with Crippen LogP contribution in [0.25, 0.3) is 5.69 Å². The fourth-order valence-corrected chi connectivity index (χ4v) is 3.00. The van der Waals surface area contributed by atoms with Crippen LogP contribution in [0.3, 0.4) is 0 Å². The molecule has 1 aromatic carbocycles. The molecule has 2 N–H and O–H groups in total. The second-order valence-corrected chi connectivity index (χ2v) is 6.55. The van der Waals surface area contributed by atoms with E-state index < -0.39 is 23.4 Å². The number of anilines is 1. The maximum absolute atomic E-state index is 13.2. The molecular weight excluding hydrogens is 363 g/mol. The van der Waals surface area contributed by atoms with E-state index >= 15 is 0 Å². The van der Waals surface area contributed by atoms with Gasteiger partial charge in [-0.2, -0.15) is 18.3 Å². The molecule has 0 saturated heterocycles. The van der Waals surface area contributed by atoms with Crippen LogP contribution in [0.4, 0.5) is 18.9 Å². The maximum atomic E-state index is 13.2. The Hall–Kier alpha value is -2.84. The van der Waals surface area contributed by atoms with Gasteiger partial charge >= 0.3 is 12.1 Å². The van der Waals surface area contributed by atoms with Gasteiger partial charge in [-0.15, -0.1) is 0 Å². The van der Waals surface area contributed by atoms with Crippen molar-refractivity contribution in [2.45, 2.75) is 38.3 Å². The molecule has 1 fully saturated rings. The third-order valence-electron chi connectivity index (χ3n) is 4.67. The quantitative estimate of drug-likeness (QED) is 0.789. The van der Waals surface area contributed by atoms with Crippen molar-refractivity contribution >= 4 is 17.6 Å². The number of carboxylic acids is 1. The van der Waals surface area contributed by atoms with E-state index in [1.54, 1.807) is 0 Å². The molecule has 0 aliphatic heterocycles. The number of hydrogen-bond acceptors (Lipinski definition) is 3. The molecule has 0 bridgehead atoms. The van der Waals surface area contributed by atoms with Crippen LogP contribution in [-0.4, -0.2) is 26.8 Å². The van der Waals surface area contributed by atoms with Crippen molar-refractivity contribution in [2.24, 2.45) is 5.92 Å². The first-order valence-corrected chi connectivity index (χ1v) is 8.54. The highest BCUT2D eigenvalue weighted by atomic mass is 19.4. The second-order valence-electron chi connectivity index (χ2n) is 6.55. The molecular formula is C18H18F3N3O3. The van der Waals surface area contributed by atoms with E-state index in [-0.39, 0.29) is 11.6 Å². The fourth-order valence-electron chi connectivity index (χ4n) is 3.00. The Morgan fingerprint density at radius 2 is 1.89 bits per heavy atom. The van der Waals surface area contributed by atoms with Crippen molar-refractivity contribution in [3.05, 3.63) is 41.7 Å². The smallest absolute Gasteiger partial charge is 0.434 e. The summed E-state index contributed by atoms with van der Waals surface area (Å²) in [5, 5.41) is 15.2. The van der Waals surface area contributed by atoms with Crippen LogP contribution in [0.1, 0.15) is 48.2 Å². The Morgan fingerprint density at radius 3 is 2.41 bits per heavy atom. The summed E-state index contributed by atoms with van der Waals surface area (Å²) in [5.74, 6) is -1.23.